The fourth-order valence-electron chi connectivity index (χ4n) is 3.03. The van der Waals surface area contributed by atoms with Crippen LogP contribution in [0.1, 0.15) is 11.1 Å². The van der Waals surface area contributed by atoms with Crippen LogP contribution in [0.5, 0.6) is 11.5 Å². The summed E-state index contributed by atoms with van der Waals surface area (Å²) in [6.07, 6.45) is 1.23. The number of hydrogen-bond donors (Lipinski definition) is 0. The van der Waals surface area contributed by atoms with Gasteiger partial charge in [0.15, 0.2) is 11.5 Å². The summed E-state index contributed by atoms with van der Waals surface area (Å²) in [6, 6.07) is 4.20. The van der Waals surface area contributed by atoms with Gasteiger partial charge in [0.25, 0.3) is 0 Å². The Kier molecular flexibility index (Phi) is 4.63. The molecule has 3 rings (SSSR count). The average molecular weight is 293 g/mol. The van der Waals surface area contributed by atoms with Crippen LogP contribution < -0.4 is 9.47 Å². The van der Waals surface area contributed by atoms with Crippen LogP contribution >= 0.6 is 0 Å². The molecule has 2 heterocycles. The van der Waals surface area contributed by atoms with Gasteiger partial charge in [-0.2, -0.15) is 0 Å². The smallest absolute Gasteiger partial charge is 0.161 e. The van der Waals surface area contributed by atoms with Gasteiger partial charge in [-0.1, -0.05) is 0 Å². The Morgan fingerprint density at radius 1 is 1.14 bits per heavy atom. The van der Waals surface area contributed by atoms with Crippen LogP contribution in [0.25, 0.3) is 0 Å². The number of fused-ring (bicyclic) bond motifs is 1. The number of hydrogen-bond acceptors (Lipinski definition) is 5. The van der Waals surface area contributed by atoms with Crippen molar-refractivity contribution in [1.29, 1.82) is 0 Å². The summed E-state index contributed by atoms with van der Waals surface area (Å²) >= 11 is 0. The zero-order valence-corrected chi connectivity index (χ0v) is 12.8. The molecule has 2 aliphatic heterocycles. The molecule has 1 fully saturated rings. The van der Waals surface area contributed by atoms with Crippen molar-refractivity contribution in [2.45, 2.75) is 19.1 Å². The van der Waals surface area contributed by atoms with E-state index in [1.165, 1.54) is 11.1 Å². The molecule has 0 spiro atoms. The van der Waals surface area contributed by atoms with Crippen molar-refractivity contribution in [3.63, 3.8) is 0 Å². The second-order valence-electron chi connectivity index (χ2n) is 5.53. The Hall–Kier alpha value is -1.30. The van der Waals surface area contributed by atoms with Crippen molar-refractivity contribution in [2.75, 3.05) is 47.1 Å². The first-order valence-electron chi connectivity index (χ1n) is 7.45. The van der Waals surface area contributed by atoms with E-state index in [4.69, 9.17) is 18.9 Å². The molecule has 0 amide bonds. The molecule has 21 heavy (non-hydrogen) atoms. The number of benzene rings is 1. The van der Waals surface area contributed by atoms with E-state index in [0.29, 0.717) is 13.2 Å². The fraction of sp³-hybridized carbons (Fsp3) is 0.625. The highest BCUT2D eigenvalue weighted by molar-refractivity contribution is 5.48. The highest BCUT2D eigenvalue weighted by Gasteiger charge is 2.23. The lowest BCUT2D eigenvalue weighted by Gasteiger charge is -2.33. The van der Waals surface area contributed by atoms with Gasteiger partial charge in [-0.15, -0.1) is 0 Å². The molecule has 0 bridgehead atoms. The van der Waals surface area contributed by atoms with Gasteiger partial charge in [0, 0.05) is 19.6 Å². The van der Waals surface area contributed by atoms with Crippen molar-refractivity contribution < 1.29 is 18.9 Å². The predicted octanol–water partition coefficient (Wildman–Crippen LogP) is 1.48. The maximum atomic E-state index is 5.74. The molecular formula is C16H23NO4. The predicted molar refractivity (Wildman–Crippen MR) is 79.1 cm³/mol. The Labute approximate surface area is 125 Å². The molecule has 116 valence electrons. The van der Waals surface area contributed by atoms with E-state index >= 15 is 0 Å². The molecule has 5 heteroatoms. The Bertz CT molecular complexity index is 485. The summed E-state index contributed by atoms with van der Waals surface area (Å²) in [4.78, 5) is 2.42. The van der Waals surface area contributed by atoms with Crippen LogP contribution in [0.15, 0.2) is 12.1 Å². The molecule has 2 aliphatic rings. The van der Waals surface area contributed by atoms with Gasteiger partial charge in [0.2, 0.25) is 0 Å². The third kappa shape index (κ3) is 3.31. The third-order valence-electron chi connectivity index (χ3n) is 4.14. The summed E-state index contributed by atoms with van der Waals surface area (Å²) in [7, 11) is 3.36. The SMILES string of the molecule is COc1cc2c(cc1OC)CN(CC1COCCO1)CC2. The van der Waals surface area contributed by atoms with Crippen LogP contribution in [0.4, 0.5) is 0 Å². The molecule has 1 atom stereocenters. The summed E-state index contributed by atoms with van der Waals surface area (Å²) in [6.45, 7) is 5.03. The van der Waals surface area contributed by atoms with Crippen molar-refractivity contribution in [1.82, 2.24) is 4.90 Å². The van der Waals surface area contributed by atoms with E-state index in [9.17, 15) is 0 Å². The van der Waals surface area contributed by atoms with Crippen molar-refractivity contribution in [2.24, 2.45) is 0 Å². The van der Waals surface area contributed by atoms with E-state index in [0.717, 1.165) is 44.2 Å². The zero-order valence-electron chi connectivity index (χ0n) is 12.8. The summed E-state index contributed by atoms with van der Waals surface area (Å²) in [5.41, 5.74) is 2.67. The van der Waals surface area contributed by atoms with E-state index in [2.05, 4.69) is 17.0 Å². The number of nitrogens with zero attached hydrogens (tertiary/aromatic N) is 1. The molecule has 1 aromatic rings. The van der Waals surface area contributed by atoms with E-state index in [1.54, 1.807) is 14.2 Å². The van der Waals surface area contributed by atoms with Gasteiger partial charge in [-0.25, -0.2) is 0 Å². The summed E-state index contributed by atoms with van der Waals surface area (Å²) in [5, 5.41) is 0. The van der Waals surface area contributed by atoms with Gasteiger partial charge in [0.1, 0.15) is 0 Å². The molecule has 1 unspecified atom stereocenters. The monoisotopic (exact) mass is 293 g/mol. The van der Waals surface area contributed by atoms with Crippen LogP contribution in [0, 0.1) is 0 Å². The van der Waals surface area contributed by atoms with Crippen LogP contribution in [0.3, 0.4) is 0 Å². The standard InChI is InChI=1S/C16H23NO4/c1-18-15-7-12-3-4-17(9-13(12)8-16(15)19-2)10-14-11-20-5-6-21-14/h7-8,14H,3-6,9-11H2,1-2H3. The third-order valence-corrected chi connectivity index (χ3v) is 4.14. The van der Waals surface area contributed by atoms with Crippen LogP contribution in [0.2, 0.25) is 0 Å². The maximum absolute atomic E-state index is 5.74. The van der Waals surface area contributed by atoms with Crippen LogP contribution in [-0.4, -0.2) is 58.1 Å². The largest absolute Gasteiger partial charge is 0.493 e. The fourth-order valence-corrected chi connectivity index (χ4v) is 3.03. The van der Waals surface area contributed by atoms with Gasteiger partial charge in [-0.3, -0.25) is 4.90 Å². The average Bonchev–Trinajstić information content (AvgIpc) is 2.54. The van der Waals surface area contributed by atoms with Gasteiger partial charge < -0.3 is 18.9 Å². The zero-order chi connectivity index (χ0) is 14.7. The summed E-state index contributed by atoms with van der Waals surface area (Å²) in [5.74, 6) is 1.61. The van der Waals surface area contributed by atoms with Gasteiger partial charge in [-0.05, 0) is 29.7 Å². The second-order valence-corrected chi connectivity index (χ2v) is 5.53. The second kappa shape index (κ2) is 6.64. The normalized spacial score (nSPS) is 22.7. The van der Waals surface area contributed by atoms with Crippen LogP contribution in [-0.2, 0) is 22.4 Å². The number of rotatable bonds is 4. The molecule has 0 N–H and O–H groups in total. The molecule has 1 saturated heterocycles. The topological polar surface area (TPSA) is 40.2 Å². The Balaban J connectivity index is 1.69. The van der Waals surface area contributed by atoms with E-state index in [1.807, 2.05) is 0 Å². The first-order valence-corrected chi connectivity index (χ1v) is 7.45. The molecule has 5 nitrogen and oxygen atoms in total. The Morgan fingerprint density at radius 3 is 2.57 bits per heavy atom. The minimum Gasteiger partial charge on any atom is -0.493 e. The van der Waals surface area contributed by atoms with Crippen molar-refractivity contribution in [3.05, 3.63) is 23.3 Å². The van der Waals surface area contributed by atoms with Gasteiger partial charge in [0.05, 0.1) is 40.1 Å². The first-order chi connectivity index (χ1) is 10.3. The molecule has 0 saturated carbocycles. The highest BCUT2D eigenvalue weighted by Crippen LogP contribution is 2.33. The van der Waals surface area contributed by atoms with Crippen molar-refractivity contribution in [3.8, 4) is 11.5 Å². The highest BCUT2D eigenvalue weighted by atomic mass is 16.6. The molecule has 0 radical (unpaired) electrons. The van der Waals surface area contributed by atoms with E-state index < -0.39 is 0 Å². The van der Waals surface area contributed by atoms with E-state index in [-0.39, 0.29) is 6.10 Å². The lowest BCUT2D eigenvalue weighted by molar-refractivity contribution is -0.0985. The molecule has 1 aromatic carbocycles. The minimum absolute atomic E-state index is 0.195. The quantitative estimate of drug-likeness (QED) is 0.841. The lowest BCUT2D eigenvalue weighted by atomic mass is 9.98. The van der Waals surface area contributed by atoms with Gasteiger partial charge >= 0.3 is 0 Å². The molecule has 0 aliphatic carbocycles. The lowest BCUT2D eigenvalue weighted by Crippen LogP contribution is -2.42. The molecule has 0 aromatic heterocycles. The van der Waals surface area contributed by atoms with Crippen molar-refractivity contribution >= 4 is 0 Å². The Morgan fingerprint density at radius 2 is 1.90 bits per heavy atom. The maximum Gasteiger partial charge on any atom is 0.161 e. The first kappa shape index (κ1) is 14.6. The number of ether oxygens (including phenoxy) is 4. The number of methoxy groups -OCH3 is 2. The summed E-state index contributed by atoms with van der Waals surface area (Å²) < 4.78 is 22.0. The minimum atomic E-state index is 0.195. The molecular weight excluding hydrogens is 270 g/mol.